The second-order valence-electron chi connectivity index (χ2n) is 7.42. The maximum atomic E-state index is 13.4. The molecule has 31 heavy (non-hydrogen) atoms. The molecule has 5 nitrogen and oxygen atoms in total. The molecule has 0 aromatic heterocycles. The number of benzene rings is 3. The lowest BCUT2D eigenvalue weighted by molar-refractivity contribution is -0.130. The van der Waals surface area contributed by atoms with Crippen LogP contribution >= 0.6 is 0 Å². The maximum Gasteiger partial charge on any atom is 0.233 e. The zero-order valence-corrected chi connectivity index (χ0v) is 16.5. The first-order chi connectivity index (χ1) is 15.0. The quantitative estimate of drug-likeness (QED) is 0.253. The molecule has 7 heteroatoms. The largest absolute Gasteiger partial charge is 0.508 e. The number of aromatic hydroxyl groups is 1. The molecule has 1 heterocycles. The van der Waals surface area contributed by atoms with Crippen molar-refractivity contribution in [2.45, 2.75) is 18.9 Å². The first-order valence-electron chi connectivity index (χ1n) is 9.82. The van der Waals surface area contributed by atoms with Gasteiger partial charge in [-0.05, 0) is 72.5 Å². The number of oxime groups is 1. The Labute approximate surface area is 177 Å². The summed E-state index contributed by atoms with van der Waals surface area (Å²) in [5.74, 6) is -1.19. The van der Waals surface area contributed by atoms with Crippen LogP contribution in [0.25, 0.3) is 0 Å². The monoisotopic (exact) mass is 422 g/mol. The van der Waals surface area contributed by atoms with Crippen LogP contribution in [-0.4, -0.2) is 21.9 Å². The van der Waals surface area contributed by atoms with Gasteiger partial charge in [0.2, 0.25) is 5.91 Å². The van der Waals surface area contributed by atoms with Crippen molar-refractivity contribution < 1.29 is 23.9 Å². The zero-order chi connectivity index (χ0) is 22.0. The van der Waals surface area contributed by atoms with Crippen molar-refractivity contribution in [1.82, 2.24) is 0 Å². The molecular weight excluding hydrogens is 402 g/mol. The average Bonchev–Trinajstić information content (AvgIpc) is 2.78. The predicted octanol–water partition coefficient (Wildman–Crippen LogP) is 5.03. The van der Waals surface area contributed by atoms with Gasteiger partial charge in [0.05, 0.1) is 17.7 Å². The second-order valence-corrected chi connectivity index (χ2v) is 7.42. The van der Waals surface area contributed by atoms with Gasteiger partial charge in [0.25, 0.3) is 0 Å². The number of phenols is 1. The van der Waals surface area contributed by atoms with Gasteiger partial charge in [-0.2, -0.15) is 0 Å². The number of anilines is 1. The standard InChI is InChI=1S/C24H20F2N2O3/c25-17-5-1-15(2-6-17)22(27-31)14-13-21-23(16-3-11-20(29)12-4-16)28(24(21)30)19-9-7-18(26)8-10-19/h1-12,21,23,29,31H,13-14H2/b27-22-/t21-,23-/m0/s1. The number of hydrogen-bond acceptors (Lipinski definition) is 4. The van der Waals surface area contributed by atoms with Crippen LogP contribution in [0.3, 0.4) is 0 Å². The Kier molecular flexibility index (Phi) is 5.66. The third-order valence-corrected chi connectivity index (χ3v) is 5.54. The molecule has 1 aliphatic heterocycles. The van der Waals surface area contributed by atoms with Crippen molar-refractivity contribution in [2.75, 3.05) is 4.90 Å². The molecule has 0 spiro atoms. The fourth-order valence-electron chi connectivity index (χ4n) is 3.96. The van der Waals surface area contributed by atoms with Crippen molar-refractivity contribution in [3.8, 4) is 5.75 Å². The molecule has 158 valence electrons. The molecule has 3 aromatic rings. The minimum Gasteiger partial charge on any atom is -0.508 e. The molecule has 0 unspecified atom stereocenters. The van der Waals surface area contributed by atoms with Gasteiger partial charge in [-0.15, -0.1) is 0 Å². The van der Waals surface area contributed by atoms with Gasteiger partial charge in [0.1, 0.15) is 17.4 Å². The highest BCUT2D eigenvalue weighted by molar-refractivity contribution is 6.04. The molecule has 0 bridgehead atoms. The molecule has 0 radical (unpaired) electrons. The molecular formula is C24H20F2N2O3. The summed E-state index contributed by atoms with van der Waals surface area (Å²) in [6.45, 7) is 0. The number of amides is 1. The van der Waals surface area contributed by atoms with Gasteiger partial charge >= 0.3 is 0 Å². The van der Waals surface area contributed by atoms with Crippen molar-refractivity contribution in [1.29, 1.82) is 0 Å². The number of hydrogen-bond donors (Lipinski definition) is 2. The lowest BCUT2D eigenvalue weighted by atomic mass is 9.78. The van der Waals surface area contributed by atoms with E-state index in [2.05, 4.69) is 5.16 Å². The number of carbonyl (C=O) groups excluding carboxylic acids is 1. The first kappa shape index (κ1) is 20.5. The summed E-state index contributed by atoms with van der Waals surface area (Å²) in [4.78, 5) is 14.6. The normalized spacial score (nSPS) is 18.7. The number of phenolic OH excluding ortho intramolecular Hbond substituents is 1. The number of halogens is 2. The summed E-state index contributed by atoms with van der Waals surface area (Å²) in [7, 11) is 0. The number of β-lactam (4-membered cyclic amide) rings is 1. The molecule has 4 rings (SSSR count). The van der Waals surface area contributed by atoms with E-state index in [1.807, 2.05) is 0 Å². The predicted molar refractivity (Wildman–Crippen MR) is 112 cm³/mol. The van der Waals surface area contributed by atoms with E-state index < -0.39 is 17.6 Å². The van der Waals surface area contributed by atoms with Gasteiger partial charge in [-0.25, -0.2) is 8.78 Å². The van der Waals surface area contributed by atoms with Crippen molar-refractivity contribution in [3.63, 3.8) is 0 Å². The smallest absolute Gasteiger partial charge is 0.233 e. The van der Waals surface area contributed by atoms with Gasteiger partial charge in [0, 0.05) is 5.69 Å². The summed E-state index contributed by atoms with van der Waals surface area (Å²) in [6, 6.07) is 17.6. The lowest BCUT2D eigenvalue weighted by Crippen LogP contribution is -2.55. The molecule has 0 saturated carbocycles. The molecule has 3 aromatic carbocycles. The third kappa shape index (κ3) is 4.12. The van der Waals surface area contributed by atoms with Crippen LogP contribution in [0, 0.1) is 17.6 Å². The fraction of sp³-hybridized carbons (Fsp3) is 0.167. The SMILES string of the molecule is O=C1[C@@H](CC/C(=N/O)c2ccc(F)cc2)[C@H](c2ccc(O)cc2)N1c1ccc(F)cc1. The Hall–Kier alpha value is -3.74. The fourth-order valence-corrected chi connectivity index (χ4v) is 3.96. The minimum atomic E-state index is -0.396. The molecule has 2 N–H and O–H groups in total. The molecule has 0 aliphatic carbocycles. The molecule has 1 fully saturated rings. The van der Waals surface area contributed by atoms with E-state index in [4.69, 9.17) is 0 Å². The Balaban J connectivity index is 1.58. The van der Waals surface area contributed by atoms with Crippen molar-refractivity contribution in [2.24, 2.45) is 11.1 Å². The Bertz CT molecular complexity index is 1100. The molecule has 2 atom stereocenters. The van der Waals surface area contributed by atoms with Gasteiger partial charge in [-0.1, -0.05) is 29.4 Å². The zero-order valence-electron chi connectivity index (χ0n) is 16.5. The lowest BCUT2D eigenvalue weighted by Gasteiger charge is -2.47. The first-order valence-corrected chi connectivity index (χ1v) is 9.82. The molecule has 1 amide bonds. The van der Waals surface area contributed by atoms with E-state index in [1.165, 1.54) is 36.4 Å². The van der Waals surface area contributed by atoms with Crippen LogP contribution in [0.1, 0.15) is 30.0 Å². The van der Waals surface area contributed by atoms with E-state index >= 15 is 0 Å². The van der Waals surface area contributed by atoms with Gasteiger partial charge in [-0.3, -0.25) is 4.79 Å². The topological polar surface area (TPSA) is 73.1 Å². The maximum absolute atomic E-state index is 13.4. The summed E-state index contributed by atoms with van der Waals surface area (Å²) in [5.41, 5.74) is 2.34. The van der Waals surface area contributed by atoms with E-state index in [1.54, 1.807) is 41.3 Å². The van der Waals surface area contributed by atoms with Crippen LogP contribution in [0.2, 0.25) is 0 Å². The Morgan fingerprint density at radius 2 is 1.48 bits per heavy atom. The van der Waals surface area contributed by atoms with Crippen LogP contribution in [0.15, 0.2) is 78.0 Å². The number of nitrogens with zero attached hydrogens (tertiary/aromatic N) is 2. The van der Waals surface area contributed by atoms with Crippen molar-refractivity contribution in [3.05, 3.63) is 95.6 Å². The van der Waals surface area contributed by atoms with E-state index in [0.29, 0.717) is 29.8 Å². The average molecular weight is 422 g/mol. The number of carbonyl (C=O) groups is 1. The highest BCUT2D eigenvalue weighted by Gasteiger charge is 2.48. The second kappa shape index (κ2) is 8.55. The Morgan fingerprint density at radius 1 is 0.903 bits per heavy atom. The highest BCUT2D eigenvalue weighted by Crippen LogP contribution is 2.46. The van der Waals surface area contributed by atoms with E-state index in [9.17, 15) is 23.9 Å². The Morgan fingerprint density at radius 3 is 2.06 bits per heavy atom. The van der Waals surface area contributed by atoms with Crippen LogP contribution in [-0.2, 0) is 4.79 Å². The van der Waals surface area contributed by atoms with Crippen LogP contribution in [0.4, 0.5) is 14.5 Å². The van der Waals surface area contributed by atoms with Gasteiger partial charge in [0.15, 0.2) is 0 Å². The van der Waals surface area contributed by atoms with E-state index in [-0.39, 0.29) is 17.7 Å². The van der Waals surface area contributed by atoms with Gasteiger partial charge < -0.3 is 15.2 Å². The van der Waals surface area contributed by atoms with E-state index in [0.717, 1.165) is 5.56 Å². The summed E-state index contributed by atoms with van der Waals surface area (Å²) in [5, 5.41) is 22.4. The highest BCUT2D eigenvalue weighted by atomic mass is 19.1. The molecule has 1 aliphatic rings. The number of rotatable bonds is 6. The summed E-state index contributed by atoms with van der Waals surface area (Å²) in [6.07, 6.45) is 0.712. The molecule has 1 saturated heterocycles. The van der Waals surface area contributed by atoms with Crippen LogP contribution < -0.4 is 4.90 Å². The van der Waals surface area contributed by atoms with Crippen molar-refractivity contribution >= 4 is 17.3 Å². The third-order valence-electron chi connectivity index (χ3n) is 5.54. The minimum absolute atomic E-state index is 0.116. The van der Waals surface area contributed by atoms with Crippen LogP contribution in [0.5, 0.6) is 5.75 Å². The summed E-state index contributed by atoms with van der Waals surface area (Å²) >= 11 is 0. The summed E-state index contributed by atoms with van der Waals surface area (Å²) < 4.78 is 26.5.